The molecule has 0 bridgehead atoms. The van der Waals surface area contributed by atoms with Crippen LogP contribution in [0.25, 0.3) is 0 Å². The van der Waals surface area contributed by atoms with Gasteiger partial charge in [-0.05, 0) is 32.1 Å². The number of hydrogen-bond acceptors (Lipinski definition) is 18. The van der Waals surface area contributed by atoms with E-state index in [-0.39, 0.29) is 29.5 Å². The number of nitrogens with one attached hydrogen (secondary N) is 5. The van der Waals surface area contributed by atoms with E-state index < -0.39 is 0 Å². The molecule has 5 amide bonds. The Labute approximate surface area is 440 Å². The highest BCUT2D eigenvalue weighted by Gasteiger charge is 2.15. The summed E-state index contributed by atoms with van der Waals surface area (Å²) in [6, 6.07) is 0. The zero-order valence-electron chi connectivity index (χ0n) is 40.8. The van der Waals surface area contributed by atoms with Crippen molar-refractivity contribution in [1.29, 1.82) is 0 Å². The zero-order valence-corrected chi connectivity index (χ0v) is 49.0. The van der Waals surface area contributed by atoms with E-state index in [9.17, 15) is 24.0 Å². The molecule has 0 radical (unpaired) electrons. The van der Waals surface area contributed by atoms with Gasteiger partial charge in [0.15, 0.2) is 0 Å². The molecule has 0 rings (SSSR count). The Kier molecular flexibility index (Phi) is 52.6. The van der Waals surface area contributed by atoms with Crippen molar-refractivity contribution in [2.24, 2.45) is 0 Å². The smallest absolute Gasteiger partial charge is 0.230 e. The molecule has 23 heteroatoms. The summed E-state index contributed by atoms with van der Waals surface area (Å²) in [5.74, 6) is 9.15. The minimum absolute atomic E-state index is 0.0252. The topological polar surface area (TPSA) is 155 Å². The molecule has 0 aliphatic carbocycles. The highest BCUT2D eigenvalue weighted by Crippen LogP contribution is 2.24. The van der Waals surface area contributed by atoms with Crippen LogP contribution < -0.4 is 26.6 Å². The van der Waals surface area contributed by atoms with Gasteiger partial charge in [0.1, 0.15) is 0 Å². The minimum Gasteiger partial charge on any atom is -0.355 e. The summed E-state index contributed by atoms with van der Waals surface area (Å²) in [5, 5.41) is 15.6. The number of amides is 5. The molecular formula is C43H86N8O5S10. The van der Waals surface area contributed by atoms with Crippen LogP contribution >= 0.6 is 108 Å². The third-order valence-electron chi connectivity index (χ3n) is 8.91. The molecule has 0 aromatic heterocycles. The van der Waals surface area contributed by atoms with Crippen molar-refractivity contribution in [3.8, 4) is 0 Å². The summed E-state index contributed by atoms with van der Waals surface area (Å²) >= 11 is 0. The van der Waals surface area contributed by atoms with Crippen LogP contribution in [0.4, 0.5) is 0 Å². The largest absolute Gasteiger partial charge is 0.355 e. The fraction of sp³-hybridized carbons (Fsp3) is 0.884. The molecule has 5 N–H and O–H groups in total. The van der Waals surface area contributed by atoms with Crippen LogP contribution in [0.2, 0.25) is 0 Å². The summed E-state index contributed by atoms with van der Waals surface area (Å²) in [6.07, 6.45) is 7.49. The van der Waals surface area contributed by atoms with E-state index in [1.54, 1.807) is 64.8 Å². The van der Waals surface area contributed by atoms with Crippen molar-refractivity contribution in [3.05, 3.63) is 0 Å². The van der Waals surface area contributed by atoms with Crippen molar-refractivity contribution in [2.75, 3.05) is 149 Å². The molecule has 0 spiro atoms. The first kappa shape index (κ1) is 66.7. The molecule has 0 saturated carbocycles. The monoisotopic (exact) mass is 1110 g/mol. The van der Waals surface area contributed by atoms with Gasteiger partial charge in [-0.3, -0.25) is 38.7 Å². The molecular weight excluding hydrogens is 1030 g/mol. The van der Waals surface area contributed by atoms with E-state index in [1.807, 2.05) is 43.2 Å². The maximum absolute atomic E-state index is 12.8. The quantitative estimate of drug-likeness (QED) is 0.0295. The van der Waals surface area contributed by atoms with E-state index >= 15 is 0 Å². The molecule has 388 valence electrons. The second-order valence-electron chi connectivity index (χ2n) is 14.9. The van der Waals surface area contributed by atoms with Crippen molar-refractivity contribution in [1.82, 2.24) is 41.3 Å². The van der Waals surface area contributed by atoms with E-state index in [2.05, 4.69) is 75.9 Å². The van der Waals surface area contributed by atoms with E-state index in [1.165, 1.54) is 0 Å². The Hall–Kier alpha value is 0.730. The first-order valence-corrected chi connectivity index (χ1v) is 36.3. The standard InChI is InChI=1S/C43H86N8O5S10/c1-6-29-57-62-34-11-39(52)44-15-20-49(21-16-45-40(53)12-35-63-58-30-7-2)25-27-51(24-18-47-42(55)14-37-65-60-32-9-4)28-26-50(23-19-48-43(56)38-66-61-33-10-5)22-17-46-41(54)13-36-64-59-31-8-3/h6-38H2,1-5H3,(H,44,52)(H,45,53)(H,46,54)(H,47,55)(H,48,56). The van der Waals surface area contributed by atoms with Gasteiger partial charge in [0, 0.05) is 169 Å². The van der Waals surface area contributed by atoms with Crippen LogP contribution in [0.5, 0.6) is 0 Å². The lowest BCUT2D eigenvalue weighted by Crippen LogP contribution is -2.47. The first-order valence-electron chi connectivity index (χ1n) is 23.9. The molecule has 13 nitrogen and oxygen atoms in total. The van der Waals surface area contributed by atoms with Crippen molar-refractivity contribution in [3.63, 3.8) is 0 Å². The third-order valence-corrected chi connectivity index (χ3v) is 21.8. The fourth-order valence-electron chi connectivity index (χ4n) is 5.32. The molecule has 0 aromatic carbocycles. The van der Waals surface area contributed by atoms with Gasteiger partial charge in [0.25, 0.3) is 0 Å². The van der Waals surface area contributed by atoms with Crippen molar-refractivity contribution < 1.29 is 24.0 Å². The van der Waals surface area contributed by atoms with Gasteiger partial charge < -0.3 is 26.6 Å². The lowest BCUT2D eigenvalue weighted by molar-refractivity contribution is -0.121. The number of carbonyl (C=O) groups excluding carboxylic acids is 5. The SMILES string of the molecule is CCCSSCCC(=O)NCCN(CCNC(=O)CCSSCCC)CCN(CCNC(=O)CCSSCCC)CCN(CCNC(=O)CCSSCCC)CCNC(=O)CSSCCC. The van der Waals surface area contributed by atoms with Crippen molar-refractivity contribution >= 4 is 137 Å². The van der Waals surface area contributed by atoms with Gasteiger partial charge in [-0.1, -0.05) is 143 Å². The number of nitrogens with zero attached hydrogens (tertiary/aromatic N) is 3. The van der Waals surface area contributed by atoms with Crippen LogP contribution in [-0.4, -0.2) is 193 Å². The number of rotatable bonds is 50. The lowest BCUT2D eigenvalue weighted by Gasteiger charge is -2.30. The number of hydrogen-bond donors (Lipinski definition) is 5. The summed E-state index contributed by atoms with van der Waals surface area (Å²) in [5.41, 5.74) is 0. The average Bonchev–Trinajstić information content (AvgIpc) is 3.30. The predicted molar refractivity (Wildman–Crippen MR) is 309 cm³/mol. The molecule has 0 heterocycles. The molecule has 0 fully saturated rings. The molecule has 0 aromatic rings. The Morgan fingerprint density at radius 2 is 0.500 bits per heavy atom. The van der Waals surface area contributed by atoms with Gasteiger partial charge in [0.05, 0.1) is 5.75 Å². The molecule has 0 atom stereocenters. The Balaban J connectivity index is 5.81. The highest BCUT2D eigenvalue weighted by molar-refractivity contribution is 8.77. The Morgan fingerprint density at radius 1 is 0.288 bits per heavy atom. The lowest BCUT2D eigenvalue weighted by atomic mass is 10.3. The summed E-state index contributed by atoms with van der Waals surface area (Å²) < 4.78 is 0. The van der Waals surface area contributed by atoms with Gasteiger partial charge in [-0.15, -0.1) is 0 Å². The van der Waals surface area contributed by atoms with Gasteiger partial charge in [-0.25, -0.2) is 0 Å². The number of carbonyl (C=O) groups is 5. The van der Waals surface area contributed by atoms with Crippen LogP contribution in [0.1, 0.15) is 92.4 Å². The maximum atomic E-state index is 12.8. The fourth-order valence-corrected chi connectivity index (χ4v) is 15.8. The first-order chi connectivity index (χ1) is 32.2. The molecule has 0 saturated heterocycles. The van der Waals surface area contributed by atoms with Crippen LogP contribution in [0.15, 0.2) is 0 Å². The van der Waals surface area contributed by atoms with E-state index in [0.717, 1.165) is 97.0 Å². The second kappa shape index (κ2) is 52.1. The van der Waals surface area contributed by atoms with E-state index in [4.69, 9.17) is 0 Å². The zero-order chi connectivity index (χ0) is 48.6. The Morgan fingerprint density at radius 3 is 0.758 bits per heavy atom. The average molecular weight is 1120 g/mol. The summed E-state index contributed by atoms with van der Waals surface area (Å²) in [7, 11) is 17.5. The minimum atomic E-state index is 0.0252. The predicted octanol–water partition coefficient (Wildman–Crippen LogP) is 7.99. The molecule has 0 aliphatic rings. The van der Waals surface area contributed by atoms with Gasteiger partial charge in [0.2, 0.25) is 29.5 Å². The third kappa shape index (κ3) is 47.1. The summed E-state index contributed by atoms with van der Waals surface area (Å²) in [6.45, 7) is 19.5. The Bertz CT molecular complexity index is 1170. The maximum Gasteiger partial charge on any atom is 0.230 e. The van der Waals surface area contributed by atoms with Crippen LogP contribution in [0.3, 0.4) is 0 Å². The molecule has 66 heavy (non-hydrogen) atoms. The normalized spacial score (nSPS) is 11.4. The van der Waals surface area contributed by atoms with Crippen LogP contribution in [-0.2, 0) is 24.0 Å². The second-order valence-corrected chi connectivity index (χ2v) is 28.3. The van der Waals surface area contributed by atoms with Crippen molar-refractivity contribution in [2.45, 2.75) is 92.4 Å². The highest BCUT2D eigenvalue weighted by atomic mass is 33.1. The van der Waals surface area contributed by atoms with E-state index in [0.29, 0.717) is 110 Å². The molecule has 0 aliphatic heterocycles. The van der Waals surface area contributed by atoms with Gasteiger partial charge >= 0.3 is 0 Å². The summed E-state index contributed by atoms with van der Waals surface area (Å²) in [4.78, 5) is 70.4. The molecule has 0 unspecified atom stereocenters. The van der Waals surface area contributed by atoms with Crippen LogP contribution in [0, 0.1) is 0 Å². The van der Waals surface area contributed by atoms with Gasteiger partial charge in [-0.2, -0.15) is 0 Å².